The Hall–Kier alpha value is -1.02. The van der Waals surface area contributed by atoms with Crippen LogP contribution in [0.15, 0.2) is 18.2 Å². The third kappa shape index (κ3) is 4.02. The summed E-state index contributed by atoms with van der Waals surface area (Å²) in [5.74, 6) is 2.03. The number of ether oxygens (including phenoxy) is 1. The van der Waals surface area contributed by atoms with E-state index in [1.54, 1.807) is 0 Å². The molecular formula is C16H27NO. The third-order valence-electron chi connectivity index (χ3n) is 3.22. The van der Waals surface area contributed by atoms with Crippen LogP contribution in [0.3, 0.4) is 0 Å². The van der Waals surface area contributed by atoms with Crippen molar-refractivity contribution in [3.8, 4) is 5.75 Å². The Kier molecular flexibility index (Phi) is 5.67. The highest BCUT2D eigenvalue weighted by molar-refractivity contribution is 5.39. The number of likely N-dealkylation sites (N-methyl/N-ethyl adjacent to an activating group) is 1. The molecule has 1 aromatic carbocycles. The summed E-state index contributed by atoms with van der Waals surface area (Å²) in [7, 11) is 1.97. The molecule has 0 bridgehead atoms. The minimum Gasteiger partial charge on any atom is -0.489 e. The molecule has 0 fully saturated rings. The number of benzene rings is 1. The van der Waals surface area contributed by atoms with Gasteiger partial charge in [0.2, 0.25) is 0 Å². The van der Waals surface area contributed by atoms with Gasteiger partial charge in [-0.15, -0.1) is 0 Å². The Morgan fingerprint density at radius 2 is 1.83 bits per heavy atom. The smallest absolute Gasteiger partial charge is 0.123 e. The van der Waals surface area contributed by atoms with Gasteiger partial charge in [0.05, 0.1) is 0 Å². The molecule has 0 aliphatic rings. The van der Waals surface area contributed by atoms with Crippen LogP contribution in [-0.2, 0) is 0 Å². The quantitative estimate of drug-likeness (QED) is 0.829. The van der Waals surface area contributed by atoms with Crippen LogP contribution in [0.1, 0.15) is 44.7 Å². The van der Waals surface area contributed by atoms with Gasteiger partial charge in [0.25, 0.3) is 0 Å². The van der Waals surface area contributed by atoms with Crippen LogP contribution >= 0.6 is 0 Å². The Morgan fingerprint density at radius 1 is 1.17 bits per heavy atom. The lowest BCUT2D eigenvalue weighted by Gasteiger charge is -2.25. The van der Waals surface area contributed by atoms with E-state index in [-0.39, 0.29) is 6.10 Å². The molecule has 1 unspecified atom stereocenters. The van der Waals surface area contributed by atoms with E-state index in [1.807, 2.05) is 7.05 Å². The molecule has 0 saturated carbocycles. The van der Waals surface area contributed by atoms with Gasteiger partial charge in [0, 0.05) is 6.54 Å². The summed E-state index contributed by atoms with van der Waals surface area (Å²) < 4.78 is 6.23. The predicted octanol–water partition coefficient (Wildman–Crippen LogP) is 3.74. The Morgan fingerprint density at radius 3 is 2.33 bits per heavy atom. The van der Waals surface area contributed by atoms with Crippen LogP contribution in [0.4, 0.5) is 0 Å². The standard InChI is InChI=1S/C16H27NO/c1-11(2)14-8-7-13(5)9-15(14)18-16(10-17-6)12(3)4/h7-9,11-12,16-17H,10H2,1-6H3. The molecule has 0 spiro atoms. The average molecular weight is 249 g/mol. The lowest BCUT2D eigenvalue weighted by Crippen LogP contribution is -2.34. The highest BCUT2D eigenvalue weighted by Gasteiger charge is 2.17. The van der Waals surface area contributed by atoms with Crippen LogP contribution in [0.5, 0.6) is 5.75 Å². The highest BCUT2D eigenvalue weighted by Crippen LogP contribution is 2.29. The monoisotopic (exact) mass is 249 g/mol. The molecule has 0 radical (unpaired) electrons. The molecule has 0 aliphatic heterocycles. The summed E-state index contributed by atoms with van der Waals surface area (Å²) in [6.07, 6.45) is 0.217. The zero-order chi connectivity index (χ0) is 13.7. The molecule has 0 amide bonds. The van der Waals surface area contributed by atoms with E-state index in [9.17, 15) is 0 Å². The normalized spacial score (nSPS) is 13.1. The van der Waals surface area contributed by atoms with Crippen molar-refractivity contribution in [1.82, 2.24) is 5.32 Å². The average Bonchev–Trinajstić information content (AvgIpc) is 2.28. The molecule has 0 heterocycles. The van der Waals surface area contributed by atoms with E-state index in [0.717, 1.165) is 12.3 Å². The van der Waals surface area contributed by atoms with E-state index in [1.165, 1.54) is 11.1 Å². The van der Waals surface area contributed by atoms with Gasteiger partial charge >= 0.3 is 0 Å². The third-order valence-corrected chi connectivity index (χ3v) is 3.22. The summed E-state index contributed by atoms with van der Waals surface area (Å²) in [5.41, 5.74) is 2.55. The Labute approximate surface area is 112 Å². The van der Waals surface area contributed by atoms with Gasteiger partial charge in [-0.05, 0) is 43.0 Å². The van der Waals surface area contributed by atoms with Crippen molar-refractivity contribution in [2.45, 2.75) is 46.6 Å². The Balaban J connectivity index is 2.96. The second kappa shape index (κ2) is 6.79. The van der Waals surface area contributed by atoms with Crippen LogP contribution in [-0.4, -0.2) is 19.7 Å². The van der Waals surface area contributed by atoms with Crippen molar-refractivity contribution in [1.29, 1.82) is 0 Å². The van der Waals surface area contributed by atoms with Crippen molar-refractivity contribution < 1.29 is 4.74 Å². The first kappa shape index (κ1) is 15.0. The van der Waals surface area contributed by atoms with Crippen LogP contribution in [0, 0.1) is 12.8 Å². The molecule has 1 N–H and O–H groups in total. The first-order chi connectivity index (χ1) is 8.45. The van der Waals surface area contributed by atoms with Gasteiger partial charge in [-0.3, -0.25) is 0 Å². The largest absolute Gasteiger partial charge is 0.489 e. The summed E-state index contributed by atoms with van der Waals surface area (Å²) >= 11 is 0. The molecule has 18 heavy (non-hydrogen) atoms. The predicted molar refractivity (Wildman–Crippen MR) is 78.4 cm³/mol. The van der Waals surface area contributed by atoms with E-state index in [4.69, 9.17) is 4.74 Å². The maximum atomic E-state index is 6.23. The van der Waals surface area contributed by atoms with Crippen LogP contribution in [0.2, 0.25) is 0 Å². The lowest BCUT2D eigenvalue weighted by molar-refractivity contribution is 0.149. The van der Waals surface area contributed by atoms with Crippen molar-refractivity contribution in [2.75, 3.05) is 13.6 Å². The number of hydrogen-bond acceptors (Lipinski definition) is 2. The molecule has 2 heteroatoms. The second-order valence-corrected chi connectivity index (χ2v) is 5.65. The molecule has 102 valence electrons. The van der Waals surface area contributed by atoms with Gasteiger partial charge in [0.15, 0.2) is 0 Å². The summed E-state index contributed by atoms with van der Waals surface area (Å²) in [6, 6.07) is 6.50. The van der Waals surface area contributed by atoms with Crippen molar-refractivity contribution in [3.63, 3.8) is 0 Å². The van der Waals surface area contributed by atoms with Crippen molar-refractivity contribution >= 4 is 0 Å². The molecule has 0 aliphatic carbocycles. The number of hydrogen-bond donors (Lipinski definition) is 1. The fourth-order valence-corrected chi connectivity index (χ4v) is 2.00. The van der Waals surface area contributed by atoms with Gasteiger partial charge in [-0.2, -0.15) is 0 Å². The minimum absolute atomic E-state index is 0.217. The number of nitrogens with one attached hydrogen (secondary N) is 1. The molecule has 2 nitrogen and oxygen atoms in total. The van der Waals surface area contributed by atoms with E-state index in [2.05, 4.69) is 58.1 Å². The second-order valence-electron chi connectivity index (χ2n) is 5.65. The first-order valence-corrected chi connectivity index (χ1v) is 6.87. The van der Waals surface area contributed by atoms with Gasteiger partial charge in [0.1, 0.15) is 11.9 Å². The zero-order valence-corrected chi connectivity index (χ0v) is 12.6. The fourth-order valence-electron chi connectivity index (χ4n) is 2.00. The molecule has 0 aromatic heterocycles. The van der Waals surface area contributed by atoms with Crippen molar-refractivity contribution in [3.05, 3.63) is 29.3 Å². The van der Waals surface area contributed by atoms with Crippen molar-refractivity contribution in [2.24, 2.45) is 5.92 Å². The van der Waals surface area contributed by atoms with E-state index >= 15 is 0 Å². The van der Waals surface area contributed by atoms with Crippen LogP contribution in [0.25, 0.3) is 0 Å². The summed E-state index contributed by atoms with van der Waals surface area (Å²) in [5, 5.41) is 3.21. The van der Waals surface area contributed by atoms with E-state index in [0.29, 0.717) is 11.8 Å². The van der Waals surface area contributed by atoms with Gasteiger partial charge < -0.3 is 10.1 Å². The molecule has 1 atom stereocenters. The number of rotatable bonds is 6. The molecular weight excluding hydrogens is 222 g/mol. The topological polar surface area (TPSA) is 21.3 Å². The lowest BCUT2D eigenvalue weighted by atomic mass is 10.00. The van der Waals surface area contributed by atoms with Gasteiger partial charge in [-0.1, -0.05) is 39.8 Å². The SMILES string of the molecule is CNCC(Oc1cc(C)ccc1C(C)C)C(C)C. The highest BCUT2D eigenvalue weighted by atomic mass is 16.5. The minimum atomic E-state index is 0.217. The fraction of sp³-hybridized carbons (Fsp3) is 0.625. The molecule has 1 rings (SSSR count). The molecule has 0 saturated heterocycles. The van der Waals surface area contributed by atoms with E-state index < -0.39 is 0 Å². The van der Waals surface area contributed by atoms with Crippen LogP contribution < -0.4 is 10.1 Å². The summed E-state index contributed by atoms with van der Waals surface area (Å²) in [4.78, 5) is 0. The Bertz CT molecular complexity index is 371. The molecule has 1 aromatic rings. The van der Waals surface area contributed by atoms with Gasteiger partial charge in [-0.25, -0.2) is 0 Å². The zero-order valence-electron chi connectivity index (χ0n) is 12.6. The first-order valence-electron chi connectivity index (χ1n) is 6.87. The summed E-state index contributed by atoms with van der Waals surface area (Å²) in [6.45, 7) is 11.8. The number of aryl methyl sites for hydroxylation is 1. The maximum Gasteiger partial charge on any atom is 0.123 e. The maximum absolute atomic E-state index is 6.23.